The molecule has 0 bridgehead atoms. The third-order valence-corrected chi connectivity index (χ3v) is 4.44. The fourth-order valence-corrected chi connectivity index (χ4v) is 2.85. The average Bonchev–Trinajstić information content (AvgIpc) is 2.48. The third-order valence-electron chi connectivity index (χ3n) is 3.79. The zero-order valence-electron chi connectivity index (χ0n) is 11.9. The molecule has 0 heterocycles. The number of rotatable bonds is 4. The molecule has 1 aromatic rings. The Morgan fingerprint density at radius 3 is 2.80 bits per heavy atom. The summed E-state index contributed by atoms with van der Waals surface area (Å²) in [7, 11) is 1.63. The standard InChI is InChI=1S/C17H20O2S/c1-13(8-9-14-6-4-3-5-7-14)16-12-15(18)10-11-17(16,20)19-2/h3-8,10-11,16,20H,9,12H2,1-2H3/b13-8+. The maximum Gasteiger partial charge on any atom is 0.156 e. The monoisotopic (exact) mass is 288 g/mol. The lowest BCUT2D eigenvalue weighted by molar-refractivity contribution is -0.117. The van der Waals surface area contributed by atoms with Crippen LogP contribution in [-0.4, -0.2) is 17.8 Å². The van der Waals surface area contributed by atoms with Crippen LogP contribution >= 0.6 is 12.6 Å². The second-order valence-corrected chi connectivity index (χ2v) is 5.85. The van der Waals surface area contributed by atoms with E-state index in [2.05, 4.69) is 30.8 Å². The zero-order valence-corrected chi connectivity index (χ0v) is 12.8. The van der Waals surface area contributed by atoms with Crippen LogP contribution in [0.1, 0.15) is 18.9 Å². The summed E-state index contributed by atoms with van der Waals surface area (Å²) in [5, 5.41) is 0. The first-order valence-corrected chi connectivity index (χ1v) is 7.20. The lowest BCUT2D eigenvalue weighted by Gasteiger charge is -2.35. The molecule has 1 aromatic carbocycles. The summed E-state index contributed by atoms with van der Waals surface area (Å²) < 4.78 is 5.50. The van der Waals surface area contributed by atoms with Crippen LogP contribution < -0.4 is 0 Å². The number of benzene rings is 1. The maximum absolute atomic E-state index is 11.7. The van der Waals surface area contributed by atoms with E-state index < -0.39 is 4.93 Å². The molecule has 3 heteroatoms. The fraction of sp³-hybridized carbons (Fsp3) is 0.353. The quantitative estimate of drug-likeness (QED) is 0.520. The lowest BCUT2D eigenvalue weighted by atomic mass is 9.84. The van der Waals surface area contributed by atoms with Crippen molar-refractivity contribution in [2.45, 2.75) is 24.7 Å². The molecule has 106 valence electrons. The highest BCUT2D eigenvalue weighted by atomic mass is 32.1. The van der Waals surface area contributed by atoms with E-state index in [4.69, 9.17) is 4.74 Å². The van der Waals surface area contributed by atoms with Crippen LogP contribution in [0.3, 0.4) is 0 Å². The smallest absolute Gasteiger partial charge is 0.156 e. The number of carbonyl (C=O) groups is 1. The first-order chi connectivity index (χ1) is 9.55. The maximum atomic E-state index is 11.7. The van der Waals surface area contributed by atoms with Gasteiger partial charge in [0.15, 0.2) is 5.78 Å². The molecule has 0 saturated heterocycles. The van der Waals surface area contributed by atoms with Crippen molar-refractivity contribution in [3.8, 4) is 0 Å². The van der Waals surface area contributed by atoms with E-state index in [0.717, 1.165) is 12.0 Å². The molecule has 20 heavy (non-hydrogen) atoms. The molecular formula is C17H20O2S. The van der Waals surface area contributed by atoms with Gasteiger partial charge in [-0.05, 0) is 31.1 Å². The van der Waals surface area contributed by atoms with Gasteiger partial charge in [-0.1, -0.05) is 42.0 Å². The minimum absolute atomic E-state index is 0.0166. The topological polar surface area (TPSA) is 26.3 Å². The predicted molar refractivity (Wildman–Crippen MR) is 84.9 cm³/mol. The van der Waals surface area contributed by atoms with Crippen LogP contribution in [0.15, 0.2) is 54.1 Å². The Labute approximate surface area is 125 Å². The Morgan fingerprint density at radius 2 is 2.15 bits per heavy atom. The van der Waals surface area contributed by atoms with Crippen LogP contribution in [-0.2, 0) is 16.0 Å². The van der Waals surface area contributed by atoms with Crippen LogP contribution in [0.25, 0.3) is 0 Å². The van der Waals surface area contributed by atoms with Crippen molar-refractivity contribution >= 4 is 18.4 Å². The van der Waals surface area contributed by atoms with Gasteiger partial charge in [0.1, 0.15) is 4.93 Å². The molecule has 0 N–H and O–H groups in total. The van der Waals surface area contributed by atoms with Gasteiger partial charge in [0, 0.05) is 19.4 Å². The van der Waals surface area contributed by atoms with Crippen molar-refractivity contribution in [3.05, 3.63) is 59.7 Å². The summed E-state index contributed by atoms with van der Waals surface area (Å²) in [6.45, 7) is 2.05. The minimum atomic E-state index is -0.689. The number of ether oxygens (including phenoxy) is 1. The number of hydrogen-bond acceptors (Lipinski definition) is 3. The summed E-state index contributed by atoms with van der Waals surface area (Å²) >= 11 is 4.60. The van der Waals surface area contributed by atoms with Gasteiger partial charge in [-0.2, -0.15) is 0 Å². The Kier molecular flexibility index (Phi) is 4.84. The van der Waals surface area contributed by atoms with Gasteiger partial charge in [0.2, 0.25) is 0 Å². The first kappa shape index (κ1) is 15.1. The van der Waals surface area contributed by atoms with Crippen LogP contribution in [0, 0.1) is 5.92 Å². The van der Waals surface area contributed by atoms with Gasteiger partial charge >= 0.3 is 0 Å². The molecule has 0 amide bonds. The molecule has 2 atom stereocenters. The van der Waals surface area contributed by atoms with Gasteiger partial charge < -0.3 is 4.74 Å². The number of carbonyl (C=O) groups excluding carboxylic acids is 1. The molecule has 1 aliphatic carbocycles. The van der Waals surface area contributed by atoms with E-state index in [1.807, 2.05) is 25.1 Å². The molecule has 0 spiro atoms. The molecule has 2 rings (SSSR count). The number of allylic oxidation sites excluding steroid dienone is 2. The zero-order chi connectivity index (χ0) is 14.6. The highest BCUT2D eigenvalue weighted by molar-refractivity contribution is 7.81. The van der Waals surface area contributed by atoms with E-state index in [-0.39, 0.29) is 11.7 Å². The van der Waals surface area contributed by atoms with Crippen LogP contribution in [0.2, 0.25) is 0 Å². The second-order valence-electron chi connectivity index (χ2n) is 5.15. The fourth-order valence-electron chi connectivity index (χ4n) is 2.48. The summed E-state index contributed by atoms with van der Waals surface area (Å²) in [6, 6.07) is 10.3. The number of ketones is 1. The summed E-state index contributed by atoms with van der Waals surface area (Å²) in [6.07, 6.45) is 6.79. The molecule has 0 aromatic heterocycles. The molecule has 1 aliphatic rings. The average molecular weight is 288 g/mol. The SMILES string of the molecule is COC1(S)C=CC(=O)CC1/C(C)=C/Cc1ccccc1. The molecule has 0 saturated carbocycles. The van der Waals surface area contributed by atoms with Gasteiger partial charge in [-0.3, -0.25) is 4.79 Å². The minimum Gasteiger partial charge on any atom is -0.363 e. The highest BCUT2D eigenvalue weighted by Gasteiger charge is 2.38. The largest absolute Gasteiger partial charge is 0.363 e. The normalized spacial score (nSPS) is 26.9. The molecular weight excluding hydrogens is 268 g/mol. The molecule has 2 nitrogen and oxygen atoms in total. The second kappa shape index (κ2) is 6.42. The Morgan fingerprint density at radius 1 is 1.45 bits per heavy atom. The van der Waals surface area contributed by atoms with Crippen LogP contribution in [0.4, 0.5) is 0 Å². The molecule has 0 fully saturated rings. The van der Waals surface area contributed by atoms with E-state index >= 15 is 0 Å². The predicted octanol–water partition coefficient (Wildman–Crippen LogP) is 3.59. The Hall–Kier alpha value is -1.32. The first-order valence-electron chi connectivity index (χ1n) is 6.75. The molecule has 2 unspecified atom stereocenters. The van der Waals surface area contributed by atoms with Crippen molar-refractivity contribution in [1.82, 2.24) is 0 Å². The summed E-state index contributed by atoms with van der Waals surface area (Å²) in [4.78, 5) is 11.0. The summed E-state index contributed by atoms with van der Waals surface area (Å²) in [5.41, 5.74) is 2.40. The van der Waals surface area contributed by atoms with Crippen LogP contribution in [0.5, 0.6) is 0 Å². The number of hydrogen-bond donors (Lipinski definition) is 1. The van der Waals surface area contributed by atoms with Crippen molar-refractivity contribution in [2.75, 3.05) is 7.11 Å². The highest BCUT2D eigenvalue weighted by Crippen LogP contribution is 2.38. The van der Waals surface area contributed by atoms with Gasteiger partial charge in [0.05, 0.1) is 0 Å². The van der Waals surface area contributed by atoms with Crippen molar-refractivity contribution < 1.29 is 9.53 Å². The number of thiol groups is 1. The van der Waals surface area contributed by atoms with E-state index in [1.54, 1.807) is 19.3 Å². The van der Waals surface area contributed by atoms with Gasteiger partial charge in [-0.25, -0.2) is 0 Å². The van der Waals surface area contributed by atoms with Gasteiger partial charge in [-0.15, -0.1) is 12.6 Å². The number of methoxy groups -OCH3 is 1. The lowest BCUT2D eigenvalue weighted by Crippen LogP contribution is -2.37. The van der Waals surface area contributed by atoms with Crippen molar-refractivity contribution in [3.63, 3.8) is 0 Å². The third kappa shape index (κ3) is 3.41. The molecule has 0 aliphatic heterocycles. The van der Waals surface area contributed by atoms with E-state index in [0.29, 0.717) is 6.42 Å². The Bertz CT molecular complexity index is 533. The molecule has 0 radical (unpaired) electrons. The Balaban J connectivity index is 2.16. The van der Waals surface area contributed by atoms with Crippen molar-refractivity contribution in [1.29, 1.82) is 0 Å². The van der Waals surface area contributed by atoms with Crippen molar-refractivity contribution in [2.24, 2.45) is 5.92 Å². The van der Waals surface area contributed by atoms with Gasteiger partial charge in [0.25, 0.3) is 0 Å². The van der Waals surface area contributed by atoms with E-state index in [1.165, 1.54) is 5.56 Å². The van der Waals surface area contributed by atoms with E-state index in [9.17, 15) is 4.79 Å². The summed E-state index contributed by atoms with van der Waals surface area (Å²) in [5.74, 6) is 0.112.